The van der Waals surface area contributed by atoms with Crippen LogP contribution in [0.3, 0.4) is 0 Å². The van der Waals surface area contributed by atoms with Crippen LogP contribution in [-0.4, -0.2) is 23.9 Å². The Balaban J connectivity index is 1.21. The molecular formula is C28H28FNO4S. The van der Waals surface area contributed by atoms with Crippen LogP contribution in [0.15, 0.2) is 83.8 Å². The lowest BCUT2D eigenvalue weighted by Crippen LogP contribution is -2.48. The van der Waals surface area contributed by atoms with Crippen LogP contribution in [0.1, 0.15) is 31.2 Å². The largest absolute Gasteiger partial charge is 0.457 e. The zero-order valence-corrected chi connectivity index (χ0v) is 20.1. The van der Waals surface area contributed by atoms with Crippen molar-refractivity contribution in [3.63, 3.8) is 0 Å². The number of fused-ring (bicyclic) bond motifs is 2. The summed E-state index contributed by atoms with van der Waals surface area (Å²) in [6.45, 7) is 0.328. The van der Waals surface area contributed by atoms with Gasteiger partial charge in [0, 0.05) is 10.6 Å². The van der Waals surface area contributed by atoms with E-state index in [0.717, 1.165) is 23.3 Å². The Morgan fingerprint density at radius 1 is 0.943 bits per heavy atom. The Kier molecular flexibility index (Phi) is 7.37. The number of rotatable bonds is 9. The molecule has 0 spiro atoms. The monoisotopic (exact) mass is 493 g/mol. The first-order valence-corrected chi connectivity index (χ1v) is 12.8. The van der Waals surface area contributed by atoms with Crippen LogP contribution in [0, 0.1) is 11.2 Å². The van der Waals surface area contributed by atoms with Crippen LogP contribution in [0.4, 0.5) is 4.39 Å². The second-order valence-electron chi connectivity index (χ2n) is 9.17. The maximum atomic E-state index is 13.4. The third-order valence-corrected chi connectivity index (χ3v) is 7.85. The summed E-state index contributed by atoms with van der Waals surface area (Å²) in [6.07, 6.45) is 3.65. The Hall–Kier alpha value is -2.87. The molecule has 0 saturated carbocycles. The van der Waals surface area contributed by atoms with E-state index in [9.17, 15) is 9.18 Å². The predicted octanol–water partition coefficient (Wildman–Crippen LogP) is 6.29. The van der Waals surface area contributed by atoms with Crippen LogP contribution in [0.5, 0.6) is 11.5 Å². The van der Waals surface area contributed by atoms with Gasteiger partial charge in [-0.25, -0.2) is 9.87 Å². The molecule has 2 saturated heterocycles. The van der Waals surface area contributed by atoms with Gasteiger partial charge in [-0.3, -0.25) is 9.63 Å². The van der Waals surface area contributed by atoms with E-state index in [-0.39, 0.29) is 23.9 Å². The SMILES string of the molecule is O=C(NOCc1ccccc1)C1(CSc2ccc(Oc3ccc(F)cc3)cc2)CC2CCC(C1)O2. The van der Waals surface area contributed by atoms with Crippen molar-refractivity contribution in [3.05, 3.63) is 90.2 Å². The number of benzene rings is 3. The van der Waals surface area contributed by atoms with Crippen LogP contribution >= 0.6 is 11.8 Å². The topological polar surface area (TPSA) is 56.8 Å². The van der Waals surface area contributed by atoms with Gasteiger partial charge in [-0.1, -0.05) is 30.3 Å². The third kappa shape index (κ3) is 6.04. The molecule has 2 heterocycles. The second-order valence-corrected chi connectivity index (χ2v) is 10.2. The van der Waals surface area contributed by atoms with E-state index in [4.69, 9.17) is 14.3 Å². The Morgan fingerprint density at radius 3 is 2.23 bits per heavy atom. The van der Waals surface area contributed by atoms with Gasteiger partial charge in [0.15, 0.2) is 0 Å². The molecule has 2 bridgehead atoms. The van der Waals surface area contributed by atoms with E-state index in [2.05, 4.69) is 5.48 Å². The minimum atomic E-state index is -0.547. The van der Waals surface area contributed by atoms with Crippen molar-refractivity contribution in [2.45, 2.75) is 49.4 Å². The van der Waals surface area contributed by atoms with Gasteiger partial charge < -0.3 is 9.47 Å². The van der Waals surface area contributed by atoms with Gasteiger partial charge in [-0.2, -0.15) is 0 Å². The summed E-state index contributed by atoms with van der Waals surface area (Å²) in [5, 5.41) is 0. The molecule has 5 rings (SSSR count). The smallest absolute Gasteiger partial charge is 0.250 e. The lowest BCUT2D eigenvalue weighted by molar-refractivity contribution is -0.153. The first-order valence-electron chi connectivity index (χ1n) is 11.9. The van der Waals surface area contributed by atoms with Crippen LogP contribution in [0.25, 0.3) is 0 Å². The second kappa shape index (κ2) is 10.8. The quantitative estimate of drug-likeness (QED) is 0.281. The molecule has 5 nitrogen and oxygen atoms in total. The molecule has 1 amide bonds. The average molecular weight is 494 g/mol. The molecule has 0 aliphatic carbocycles. The molecule has 2 unspecified atom stereocenters. The normalized spacial score (nSPS) is 23.1. The number of hydrogen-bond acceptors (Lipinski definition) is 5. The molecule has 3 aromatic carbocycles. The van der Waals surface area contributed by atoms with Crippen molar-refractivity contribution in [1.82, 2.24) is 5.48 Å². The Morgan fingerprint density at radius 2 is 1.57 bits per heavy atom. The van der Waals surface area contributed by atoms with Gasteiger partial charge in [0.1, 0.15) is 17.3 Å². The maximum absolute atomic E-state index is 13.4. The highest BCUT2D eigenvalue weighted by molar-refractivity contribution is 7.99. The minimum Gasteiger partial charge on any atom is -0.457 e. The van der Waals surface area contributed by atoms with Gasteiger partial charge >= 0.3 is 0 Å². The molecule has 2 fully saturated rings. The van der Waals surface area contributed by atoms with Crippen LogP contribution in [0.2, 0.25) is 0 Å². The van der Waals surface area contributed by atoms with E-state index < -0.39 is 5.41 Å². The third-order valence-electron chi connectivity index (χ3n) is 6.55. The number of ether oxygens (including phenoxy) is 2. The van der Waals surface area contributed by atoms with Crippen molar-refractivity contribution < 1.29 is 23.5 Å². The summed E-state index contributed by atoms with van der Waals surface area (Å²) in [6, 6.07) is 23.5. The number of thioether (sulfide) groups is 1. The summed E-state index contributed by atoms with van der Waals surface area (Å²) in [7, 11) is 0. The fraction of sp³-hybridized carbons (Fsp3) is 0.321. The Bertz CT molecular complexity index is 1110. The van der Waals surface area contributed by atoms with Crippen molar-refractivity contribution in [1.29, 1.82) is 0 Å². The number of nitrogens with one attached hydrogen (secondary N) is 1. The number of hydroxylamine groups is 1. The maximum Gasteiger partial charge on any atom is 0.250 e. The molecule has 1 N–H and O–H groups in total. The van der Waals surface area contributed by atoms with Crippen LogP contribution in [-0.2, 0) is 21.0 Å². The van der Waals surface area contributed by atoms with Gasteiger partial charge in [-0.05, 0) is 79.8 Å². The first-order chi connectivity index (χ1) is 17.1. The van der Waals surface area contributed by atoms with Gasteiger partial charge in [0.05, 0.1) is 24.2 Å². The summed E-state index contributed by atoms with van der Waals surface area (Å²) in [5.74, 6) is 1.52. The first kappa shape index (κ1) is 23.9. The summed E-state index contributed by atoms with van der Waals surface area (Å²) in [4.78, 5) is 20.0. The lowest BCUT2D eigenvalue weighted by Gasteiger charge is -2.39. The molecule has 7 heteroatoms. The molecule has 2 aliphatic heterocycles. The molecule has 3 aromatic rings. The highest BCUT2D eigenvalue weighted by atomic mass is 32.2. The number of halogens is 1. The van der Waals surface area contributed by atoms with Crippen molar-refractivity contribution in [2.75, 3.05) is 5.75 Å². The van der Waals surface area contributed by atoms with Crippen molar-refractivity contribution in [2.24, 2.45) is 5.41 Å². The highest BCUT2D eigenvalue weighted by Gasteiger charge is 2.49. The summed E-state index contributed by atoms with van der Waals surface area (Å²) in [5.41, 5.74) is 3.19. The van der Waals surface area contributed by atoms with Crippen molar-refractivity contribution in [3.8, 4) is 11.5 Å². The number of hydrogen-bond donors (Lipinski definition) is 1. The highest BCUT2D eigenvalue weighted by Crippen LogP contribution is 2.46. The summed E-state index contributed by atoms with van der Waals surface area (Å²) >= 11 is 1.66. The Labute approximate surface area is 208 Å². The van der Waals surface area contributed by atoms with Gasteiger partial charge in [0.25, 0.3) is 5.91 Å². The zero-order chi connectivity index (χ0) is 24.1. The molecule has 2 aliphatic rings. The van der Waals surface area contributed by atoms with Gasteiger partial charge in [0.2, 0.25) is 0 Å². The van der Waals surface area contributed by atoms with Crippen LogP contribution < -0.4 is 10.2 Å². The van der Waals surface area contributed by atoms with E-state index >= 15 is 0 Å². The van der Waals surface area contributed by atoms with Gasteiger partial charge in [-0.15, -0.1) is 11.8 Å². The minimum absolute atomic E-state index is 0.0719. The standard InChI is InChI=1S/C28H28FNO4S/c29-21-6-8-22(9-7-21)33-23-12-14-26(15-13-23)35-19-28(16-24-10-11-25(17-28)34-24)27(31)30-32-18-20-4-2-1-3-5-20/h1-9,12-15,24-25H,10-11,16-19H2,(H,30,31). The summed E-state index contributed by atoms with van der Waals surface area (Å²) < 4.78 is 24.9. The number of amides is 1. The van der Waals surface area contributed by atoms with E-state index in [1.54, 1.807) is 23.9 Å². The molecule has 2 atom stereocenters. The molecule has 182 valence electrons. The van der Waals surface area contributed by atoms with E-state index in [0.29, 0.717) is 36.7 Å². The fourth-order valence-electron chi connectivity index (χ4n) is 4.74. The molecular weight excluding hydrogens is 465 g/mol. The van der Waals surface area contributed by atoms with Crippen molar-refractivity contribution >= 4 is 17.7 Å². The van der Waals surface area contributed by atoms with E-state index in [1.165, 1.54) is 12.1 Å². The molecule has 0 radical (unpaired) electrons. The van der Waals surface area contributed by atoms with E-state index in [1.807, 2.05) is 54.6 Å². The zero-order valence-electron chi connectivity index (χ0n) is 19.3. The fourth-order valence-corrected chi connectivity index (χ4v) is 5.87. The predicted molar refractivity (Wildman–Crippen MR) is 133 cm³/mol. The lowest BCUT2D eigenvalue weighted by atomic mass is 9.78. The number of carbonyl (C=O) groups excluding carboxylic acids is 1. The number of carbonyl (C=O) groups is 1. The molecule has 35 heavy (non-hydrogen) atoms. The molecule has 0 aromatic heterocycles. The average Bonchev–Trinajstić information content (AvgIpc) is 3.23.